The summed E-state index contributed by atoms with van der Waals surface area (Å²) in [6, 6.07) is 25.2. The van der Waals surface area contributed by atoms with E-state index in [1.807, 2.05) is 68.4 Å². The van der Waals surface area contributed by atoms with Crippen LogP contribution < -0.4 is 20.2 Å². The third-order valence-corrected chi connectivity index (χ3v) is 6.08. The number of hydrogen-bond acceptors (Lipinski definition) is 4. The van der Waals surface area contributed by atoms with Crippen LogP contribution in [0.5, 0.6) is 11.5 Å². The minimum absolute atomic E-state index is 0.405. The Morgan fingerprint density at radius 1 is 0.971 bits per heavy atom. The van der Waals surface area contributed by atoms with E-state index in [4.69, 9.17) is 9.47 Å². The van der Waals surface area contributed by atoms with Crippen molar-refractivity contribution in [3.63, 3.8) is 0 Å². The smallest absolute Gasteiger partial charge is 0.339 e. The number of urea groups is 1. The molecule has 2 amide bonds. The Bertz CT molecular complexity index is 1370. The number of amides is 2. The standard InChI is InChI=1S/C28H26BrN3O3/c1-3-34-26-15-22(17-30-32-28(33)31-25-14-7-4-9-19(25)2)24(29)16-27(26)35-18-21-12-8-11-20-10-5-6-13-23(20)21/h4-17H,3,18H2,1-2H3,(H2,31,32,33). The quantitative estimate of drug-likeness (QED) is 0.189. The molecule has 2 N–H and O–H groups in total. The summed E-state index contributed by atoms with van der Waals surface area (Å²) in [6.07, 6.45) is 1.55. The second kappa shape index (κ2) is 11.5. The van der Waals surface area contributed by atoms with Gasteiger partial charge in [-0.25, -0.2) is 10.2 Å². The number of rotatable bonds is 8. The lowest BCUT2D eigenvalue weighted by Crippen LogP contribution is -2.24. The van der Waals surface area contributed by atoms with E-state index in [1.54, 1.807) is 6.21 Å². The van der Waals surface area contributed by atoms with Crippen LogP contribution >= 0.6 is 15.9 Å². The number of hydrazone groups is 1. The normalized spacial score (nSPS) is 10.9. The highest BCUT2D eigenvalue weighted by Crippen LogP contribution is 2.34. The molecule has 0 aromatic heterocycles. The fourth-order valence-corrected chi connectivity index (χ4v) is 4.05. The van der Waals surface area contributed by atoms with Gasteiger partial charge < -0.3 is 14.8 Å². The van der Waals surface area contributed by atoms with Gasteiger partial charge in [0.25, 0.3) is 0 Å². The second-order valence-electron chi connectivity index (χ2n) is 7.82. The summed E-state index contributed by atoms with van der Waals surface area (Å²) >= 11 is 3.57. The van der Waals surface area contributed by atoms with E-state index in [-0.39, 0.29) is 0 Å². The molecule has 0 heterocycles. The van der Waals surface area contributed by atoms with E-state index in [2.05, 4.69) is 56.0 Å². The SMILES string of the molecule is CCOc1cc(C=NNC(=O)Nc2ccccc2C)c(Br)cc1OCc1cccc2ccccc12. The topological polar surface area (TPSA) is 72.0 Å². The lowest BCUT2D eigenvalue weighted by molar-refractivity contribution is 0.252. The van der Waals surface area contributed by atoms with Crippen LogP contribution in [0.3, 0.4) is 0 Å². The van der Waals surface area contributed by atoms with Crippen molar-refractivity contribution in [2.75, 3.05) is 11.9 Å². The van der Waals surface area contributed by atoms with Gasteiger partial charge in [-0.05, 0) is 69.9 Å². The Morgan fingerprint density at radius 3 is 2.54 bits per heavy atom. The van der Waals surface area contributed by atoms with Gasteiger partial charge in [-0.2, -0.15) is 5.10 Å². The first-order valence-corrected chi connectivity index (χ1v) is 12.1. The van der Waals surface area contributed by atoms with Crippen LogP contribution in [0.2, 0.25) is 0 Å². The van der Waals surface area contributed by atoms with Gasteiger partial charge in [-0.3, -0.25) is 0 Å². The fraction of sp³-hybridized carbons (Fsp3) is 0.143. The van der Waals surface area contributed by atoms with Gasteiger partial charge in [0, 0.05) is 15.7 Å². The molecular formula is C28H26BrN3O3. The summed E-state index contributed by atoms with van der Waals surface area (Å²) in [5.74, 6) is 1.22. The van der Waals surface area contributed by atoms with Crippen LogP contribution in [0.15, 0.2) is 88.4 Å². The maximum Gasteiger partial charge on any atom is 0.339 e. The lowest BCUT2D eigenvalue weighted by Gasteiger charge is -2.15. The van der Waals surface area contributed by atoms with Crippen LogP contribution in [0.25, 0.3) is 10.8 Å². The number of nitrogens with zero attached hydrogens (tertiary/aromatic N) is 1. The molecule has 0 unspecified atom stereocenters. The average molecular weight is 532 g/mol. The van der Waals surface area contributed by atoms with Crippen molar-refractivity contribution < 1.29 is 14.3 Å². The molecule has 0 saturated carbocycles. The van der Waals surface area contributed by atoms with Gasteiger partial charge in [0.05, 0.1) is 12.8 Å². The molecule has 0 bridgehead atoms. The number of carbonyl (C=O) groups is 1. The summed E-state index contributed by atoms with van der Waals surface area (Å²) in [4.78, 5) is 12.2. The van der Waals surface area contributed by atoms with E-state index in [0.717, 1.165) is 32.2 Å². The predicted octanol–water partition coefficient (Wildman–Crippen LogP) is 7.04. The molecule has 0 spiro atoms. The van der Waals surface area contributed by atoms with Crippen molar-refractivity contribution >= 4 is 44.6 Å². The molecular weight excluding hydrogens is 506 g/mol. The van der Waals surface area contributed by atoms with Gasteiger partial charge in [0.2, 0.25) is 0 Å². The molecule has 4 aromatic rings. The van der Waals surface area contributed by atoms with E-state index < -0.39 is 6.03 Å². The molecule has 0 saturated heterocycles. The highest BCUT2D eigenvalue weighted by molar-refractivity contribution is 9.10. The summed E-state index contributed by atoms with van der Waals surface area (Å²) in [5, 5.41) is 9.18. The van der Waals surface area contributed by atoms with E-state index >= 15 is 0 Å². The number of halogens is 1. The summed E-state index contributed by atoms with van der Waals surface area (Å²) in [7, 11) is 0. The second-order valence-corrected chi connectivity index (χ2v) is 8.67. The molecule has 0 fully saturated rings. The third kappa shape index (κ3) is 6.19. The van der Waals surface area contributed by atoms with Gasteiger partial charge in [0.1, 0.15) is 6.61 Å². The first-order valence-electron chi connectivity index (χ1n) is 11.3. The Kier molecular flexibility index (Phi) is 8.00. The number of aryl methyl sites for hydroxylation is 1. The van der Waals surface area contributed by atoms with E-state index in [9.17, 15) is 4.79 Å². The number of fused-ring (bicyclic) bond motifs is 1. The molecule has 6 nitrogen and oxygen atoms in total. The maximum atomic E-state index is 12.2. The first-order chi connectivity index (χ1) is 17.0. The Hall–Kier alpha value is -3.84. The minimum atomic E-state index is -0.424. The Labute approximate surface area is 213 Å². The molecule has 35 heavy (non-hydrogen) atoms. The monoisotopic (exact) mass is 531 g/mol. The number of anilines is 1. The number of ether oxygens (including phenoxy) is 2. The maximum absolute atomic E-state index is 12.2. The number of carbonyl (C=O) groups excluding carboxylic acids is 1. The Balaban J connectivity index is 1.46. The van der Waals surface area contributed by atoms with Gasteiger partial charge in [0.15, 0.2) is 11.5 Å². The molecule has 0 aliphatic rings. The molecule has 4 aromatic carbocycles. The fourth-order valence-electron chi connectivity index (χ4n) is 3.63. The predicted molar refractivity (Wildman–Crippen MR) is 145 cm³/mol. The van der Waals surface area contributed by atoms with Crippen LogP contribution in [0, 0.1) is 6.92 Å². The zero-order valence-electron chi connectivity index (χ0n) is 19.5. The summed E-state index contributed by atoms with van der Waals surface area (Å²) in [5.41, 5.74) is 6.02. The zero-order valence-corrected chi connectivity index (χ0v) is 21.1. The van der Waals surface area contributed by atoms with Crippen LogP contribution in [0.4, 0.5) is 10.5 Å². The molecule has 0 aliphatic heterocycles. The zero-order chi connectivity index (χ0) is 24.6. The van der Waals surface area contributed by atoms with Crippen LogP contribution in [-0.4, -0.2) is 18.9 Å². The largest absolute Gasteiger partial charge is 0.490 e. The molecule has 178 valence electrons. The molecule has 7 heteroatoms. The van der Waals surface area contributed by atoms with Crippen LogP contribution in [-0.2, 0) is 6.61 Å². The molecule has 4 rings (SSSR count). The van der Waals surface area contributed by atoms with Crippen molar-refractivity contribution in [2.45, 2.75) is 20.5 Å². The third-order valence-electron chi connectivity index (χ3n) is 5.39. The lowest BCUT2D eigenvalue weighted by atomic mass is 10.1. The van der Waals surface area contributed by atoms with Crippen molar-refractivity contribution in [3.05, 3.63) is 100 Å². The molecule has 0 atom stereocenters. The van der Waals surface area contributed by atoms with Gasteiger partial charge in [-0.1, -0.05) is 60.7 Å². The van der Waals surface area contributed by atoms with Crippen molar-refractivity contribution in [1.82, 2.24) is 5.43 Å². The number of benzene rings is 4. The number of nitrogens with one attached hydrogen (secondary N) is 2. The van der Waals surface area contributed by atoms with E-state index in [0.29, 0.717) is 24.7 Å². The van der Waals surface area contributed by atoms with E-state index in [1.165, 1.54) is 5.39 Å². The minimum Gasteiger partial charge on any atom is -0.490 e. The average Bonchev–Trinajstić information content (AvgIpc) is 2.86. The van der Waals surface area contributed by atoms with Gasteiger partial charge >= 0.3 is 6.03 Å². The summed E-state index contributed by atoms with van der Waals surface area (Å²) in [6.45, 7) is 4.73. The highest BCUT2D eigenvalue weighted by Gasteiger charge is 2.12. The molecule has 0 aliphatic carbocycles. The van der Waals surface area contributed by atoms with Crippen molar-refractivity contribution in [2.24, 2.45) is 5.10 Å². The number of hydrogen-bond donors (Lipinski definition) is 2. The van der Waals surface area contributed by atoms with Crippen LogP contribution in [0.1, 0.15) is 23.6 Å². The highest BCUT2D eigenvalue weighted by atomic mass is 79.9. The number of para-hydroxylation sites is 1. The summed E-state index contributed by atoms with van der Waals surface area (Å²) < 4.78 is 12.7. The Morgan fingerprint density at radius 2 is 1.71 bits per heavy atom. The first kappa shape index (κ1) is 24.3. The van der Waals surface area contributed by atoms with Gasteiger partial charge in [-0.15, -0.1) is 0 Å². The van der Waals surface area contributed by atoms with Crippen molar-refractivity contribution in [3.8, 4) is 11.5 Å². The molecule has 0 radical (unpaired) electrons. The van der Waals surface area contributed by atoms with Crippen molar-refractivity contribution in [1.29, 1.82) is 0 Å².